The van der Waals surface area contributed by atoms with E-state index in [9.17, 15) is 9.59 Å². The van der Waals surface area contributed by atoms with Gasteiger partial charge in [0.1, 0.15) is 6.10 Å². The summed E-state index contributed by atoms with van der Waals surface area (Å²) in [6.45, 7) is 0.682. The highest BCUT2D eigenvalue weighted by Gasteiger charge is 2.32. The maximum absolute atomic E-state index is 11.9. The van der Waals surface area contributed by atoms with E-state index in [1.165, 1.54) is 16.2 Å². The Morgan fingerprint density at radius 3 is 2.82 bits per heavy atom. The molecule has 1 aliphatic heterocycles. The standard InChI is InChI=1S/C15H15N3O3S/c16-10-3-5-11(6-4-10)18-9-12(21-15(18)20)8-17-14(19)13-2-1-7-22-13/h1-7,12H,8-9,16H2,(H,17,19). The van der Waals surface area contributed by atoms with Crippen molar-refractivity contribution in [2.24, 2.45) is 0 Å². The average Bonchev–Trinajstić information content (AvgIpc) is 3.15. The summed E-state index contributed by atoms with van der Waals surface area (Å²) in [6, 6.07) is 10.6. The number of nitrogens with one attached hydrogen (secondary N) is 1. The van der Waals surface area contributed by atoms with Crippen molar-refractivity contribution in [3.63, 3.8) is 0 Å². The summed E-state index contributed by atoms with van der Waals surface area (Å²) >= 11 is 1.37. The highest BCUT2D eigenvalue weighted by Crippen LogP contribution is 2.22. The van der Waals surface area contributed by atoms with Crippen molar-refractivity contribution in [1.82, 2.24) is 5.32 Å². The minimum Gasteiger partial charge on any atom is -0.442 e. The molecule has 1 atom stereocenters. The number of hydrogen-bond donors (Lipinski definition) is 2. The van der Waals surface area contributed by atoms with Crippen LogP contribution in [-0.2, 0) is 4.74 Å². The van der Waals surface area contributed by atoms with Crippen molar-refractivity contribution in [3.8, 4) is 0 Å². The van der Waals surface area contributed by atoms with Gasteiger partial charge in [-0.25, -0.2) is 4.79 Å². The number of nitrogen functional groups attached to an aromatic ring is 1. The number of hydrogen-bond acceptors (Lipinski definition) is 5. The lowest BCUT2D eigenvalue weighted by Crippen LogP contribution is -2.34. The second-order valence-electron chi connectivity index (χ2n) is 4.90. The Labute approximate surface area is 131 Å². The molecule has 0 radical (unpaired) electrons. The van der Waals surface area contributed by atoms with Crippen LogP contribution in [0, 0.1) is 0 Å². The van der Waals surface area contributed by atoms with Gasteiger partial charge in [-0.1, -0.05) is 6.07 Å². The van der Waals surface area contributed by atoms with E-state index in [2.05, 4.69) is 5.32 Å². The lowest BCUT2D eigenvalue weighted by atomic mass is 10.2. The monoisotopic (exact) mass is 317 g/mol. The molecule has 2 amide bonds. The van der Waals surface area contributed by atoms with Gasteiger partial charge in [-0.05, 0) is 35.7 Å². The van der Waals surface area contributed by atoms with Crippen molar-refractivity contribution in [1.29, 1.82) is 0 Å². The molecule has 114 valence electrons. The number of carbonyl (C=O) groups is 2. The summed E-state index contributed by atoms with van der Waals surface area (Å²) < 4.78 is 5.27. The van der Waals surface area contributed by atoms with Crippen LogP contribution in [0.4, 0.5) is 16.2 Å². The number of nitrogens with zero attached hydrogens (tertiary/aromatic N) is 1. The summed E-state index contributed by atoms with van der Waals surface area (Å²) in [6.07, 6.45) is -0.783. The van der Waals surface area contributed by atoms with Gasteiger partial charge < -0.3 is 15.8 Å². The second kappa shape index (κ2) is 6.07. The SMILES string of the molecule is Nc1ccc(N2CC(CNC(=O)c3cccs3)OC2=O)cc1. The van der Waals surface area contributed by atoms with Crippen LogP contribution >= 0.6 is 11.3 Å². The van der Waals surface area contributed by atoms with E-state index in [1.807, 2.05) is 11.4 Å². The Balaban J connectivity index is 1.58. The van der Waals surface area contributed by atoms with Crippen LogP contribution in [0.25, 0.3) is 0 Å². The highest BCUT2D eigenvalue weighted by atomic mass is 32.1. The maximum atomic E-state index is 11.9. The first kappa shape index (κ1) is 14.4. The number of rotatable bonds is 4. The second-order valence-corrected chi connectivity index (χ2v) is 5.84. The van der Waals surface area contributed by atoms with Crippen LogP contribution < -0.4 is 16.0 Å². The third kappa shape index (κ3) is 3.04. The molecule has 6 nitrogen and oxygen atoms in total. The molecule has 3 N–H and O–H groups in total. The van der Waals surface area contributed by atoms with Crippen molar-refractivity contribution in [2.75, 3.05) is 23.7 Å². The zero-order valence-electron chi connectivity index (χ0n) is 11.7. The first-order valence-corrected chi connectivity index (χ1v) is 7.67. The van der Waals surface area contributed by atoms with E-state index >= 15 is 0 Å². The topological polar surface area (TPSA) is 84.7 Å². The molecule has 1 saturated heterocycles. The first-order chi connectivity index (χ1) is 10.6. The van der Waals surface area contributed by atoms with E-state index in [0.717, 1.165) is 5.69 Å². The molecule has 3 rings (SSSR count). The molecular formula is C15H15N3O3S. The quantitative estimate of drug-likeness (QED) is 0.846. The third-order valence-corrected chi connectivity index (χ3v) is 4.18. The Kier molecular flexibility index (Phi) is 3.97. The number of carbonyl (C=O) groups excluding carboxylic acids is 2. The van der Waals surface area contributed by atoms with Crippen molar-refractivity contribution in [2.45, 2.75) is 6.10 Å². The average molecular weight is 317 g/mol. The fraction of sp³-hybridized carbons (Fsp3) is 0.200. The molecule has 7 heteroatoms. The van der Waals surface area contributed by atoms with Crippen LogP contribution in [0.1, 0.15) is 9.67 Å². The fourth-order valence-corrected chi connectivity index (χ4v) is 2.83. The van der Waals surface area contributed by atoms with Gasteiger partial charge in [0.05, 0.1) is 18.0 Å². The van der Waals surface area contributed by atoms with Gasteiger partial charge in [-0.15, -0.1) is 11.3 Å². The predicted molar refractivity (Wildman–Crippen MR) is 85.1 cm³/mol. The Bertz CT molecular complexity index is 670. The molecule has 0 spiro atoms. The van der Waals surface area contributed by atoms with Crippen molar-refractivity contribution >= 4 is 34.7 Å². The van der Waals surface area contributed by atoms with Gasteiger partial charge in [0.25, 0.3) is 5.91 Å². The molecule has 1 aliphatic rings. The first-order valence-electron chi connectivity index (χ1n) is 6.79. The molecule has 1 unspecified atom stereocenters. The van der Waals surface area contributed by atoms with E-state index in [-0.39, 0.29) is 18.6 Å². The van der Waals surface area contributed by atoms with Gasteiger partial charge >= 0.3 is 6.09 Å². The van der Waals surface area contributed by atoms with Crippen molar-refractivity contribution < 1.29 is 14.3 Å². The van der Waals surface area contributed by atoms with Crippen LogP contribution in [0.15, 0.2) is 41.8 Å². The molecule has 2 heterocycles. The van der Waals surface area contributed by atoms with E-state index in [1.54, 1.807) is 30.3 Å². The van der Waals surface area contributed by atoms with Gasteiger partial charge in [-0.2, -0.15) is 0 Å². The van der Waals surface area contributed by atoms with Crippen LogP contribution in [0.5, 0.6) is 0 Å². The predicted octanol–water partition coefficient (Wildman–Crippen LogP) is 2.09. The summed E-state index contributed by atoms with van der Waals surface area (Å²) in [4.78, 5) is 25.9. The zero-order chi connectivity index (χ0) is 15.5. The van der Waals surface area contributed by atoms with E-state index in [0.29, 0.717) is 17.1 Å². The van der Waals surface area contributed by atoms with Crippen molar-refractivity contribution in [3.05, 3.63) is 46.7 Å². The molecular weight excluding hydrogens is 302 g/mol. The van der Waals surface area contributed by atoms with Gasteiger partial charge in [-0.3, -0.25) is 9.69 Å². The van der Waals surface area contributed by atoms with Gasteiger partial charge in [0.15, 0.2) is 0 Å². The minimum absolute atomic E-state index is 0.156. The Morgan fingerprint density at radius 1 is 1.36 bits per heavy atom. The Morgan fingerprint density at radius 2 is 2.14 bits per heavy atom. The summed E-state index contributed by atoms with van der Waals surface area (Å²) in [7, 11) is 0. The number of benzene rings is 1. The zero-order valence-corrected chi connectivity index (χ0v) is 12.5. The summed E-state index contributed by atoms with van der Waals surface area (Å²) in [5, 5.41) is 4.62. The molecule has 1 fully saturated rings. The highest BCUT2D eigenvalue weighted by molar-refractivity contribution is 7.12. The normalized spacial score (nSPS) is 17.4. The van der Waals surface area contributed by atoms with Crippen LogP contribution in [0.3, 0.4) is 0 Å². The fourth-order valence-electron chi connectivity index (χ4n) is 2.19. The van der Waals surface area contributed by atoms with Crippen LogP contribution in [0.2, 0.25) is 0 Å². The number of nitrogens with two attached hydrogens (primary N) is 1. The number of amides is 2. The third-order valence-electron chi connectivity index (χ3n) is 3.31. The smallest absolute Gasteiger partial charge is 0.414 e. The minimum atomic E-state index is -0.417. The number of thiophene rings is 1. The molecule has 1 aromatic heterocycles. The molecule has 2 aromatic rings. The number of anilines is 2. The molecule has 0 bridgehead atoms. The van der Waals surface area contributed by atoms with Crippen LogP contribution in [-0.4, -0.2) is 31.2 Å². The van der Waals surface area contributed by atoms with Gasteiger partial charge in [0.2, 0.25) is 0 Å². The molecule has 1 aromatic carbocycles. The molecule has 22 heavy (non-hydrogen) atoms. The Hall–Kier alpha value is -2.54. The lowest BCUT2D eigenvalue weighted by molar-refractivity contribution is 0.0920. The maximum Gasteiger partial charge on any atom is 0.414 e. The molecule has 0 aliphatic carbocycles. The number of ether oxygens (including phenoxy) is 1. The molecule has 0 saturated carbocycles. The summed E-state index contributed by atoms with van der Waals surface area (Å²) in [5.41, 5.74) is 7.00. The van der Waals surface area contributed by atoms with E-state index < -0.39 is 6.09 Å². The summed E-state index contributed by atoms with van der Waals surface area (Å²) in [5.74, 6) is -0.156. The largest absolute Gasteiger partial charge is 0.442 e. The van der Waals surface area contributed by atoms with Gasteiger partial charge in [0, 0.05) is 11.4 Å². The lowest BCUT2D eigenvalue weighted by Gasteiger charge is -2.13. The van der Waals surface area contributed by atoms with E-state index in [4.69, 9.17) is 10.5 Å². The number of cyclic esters (lactones) is 1.